The molecule has 0 saturated carbocycles. The third kappa shape index (κ3) is 4.77. The minimum absolute atomic E-state index is 0.0813. The SMILES string of the molecule is COc1ccc(OCCCN2C[C@@H](C(F)(F)F)[C@H](C(=O)O)C2)cc1. The molecule has 8 heteroatoms. The molecule has 2 atom stereocenters. The van der Waals surface area contributed by atoms with Crippen molar-refractivity contribution in [2.45, 2.75) is 12.6 Å². The van der Waals surface area contributed by atoms with E-state index in [0.29, 0.717) is 31.1 Å². The maximum atomic E-state index is 12.9. The number of aliphatic carboxylic acids is 1. The third-order valence-electron chi connectivity index (χ3n) is 4.08. The molecule has 0 aromatic heterocycles. The molecule has 5 nitrogen and oxygen atoms in total. The second-order valence-electron chi connectivity index (χ2n) is 5.73. The average molecular weight is 347 g/mol. The molecular weight excluding hydrogens is 327 g/mol. The third-order valence-corrected chi connectivity index (χ3v) is 4.08. The fourth-order valence-corrected chi connectivity index (χ4v) is 2.80. The summed E-state index contributed by atoms with van der Waals surface area (Å²) < 4.78 is 49.2. The zero-order valence-corrected chi connectivity index (χ0v) is 13.3. The van der Waals surface area contributed by atoms with E-state index in [9.17, 15) is 18.0 Å². The van der Waals surface area contributed by atoms with E-state index < -0.39 is 24.0 Å². The molecule has 2 rings (SSSR count). The first kappa shape index (κ1) is 18.4. The number of likely N-dealkylation sites (tertiary alicyclic amines) is 1. The van der Waals surface area contributed by atoms with Crippen molar-refractivity contribution in [3.05, 3.63) is 24.3 Å². The summed E-state index contributed by atoms with van der Waals surface area (Å²) >= 11 is 0. The second kappa shape index (κ2) is 7.74. The van der Waals surface area contributed by atoms with Crippen molar-refractivity contribution in [3.8, 4) is 11.5 Å². The minimum atomic E-state index is -4.49. The molecule has 0 aliphatic carbocycles. The fourth-order valence-electron chi connectivity index (χ4n) is 2.80. The number of carbonyl (C=O) groups is 1. The summed E-state index contributed by atoms with van der Waals surface area (Å²) in [6.45, 7) is 0.356. The summed E-state index contributed by atoms with van der Waals surface area (Å²) in [5, 5.41) is 8.97. The number of carboxylic acid groups (broad SMARTS) is 1. The Bertz CT molecular complexity index is 547. The lowest BCUT2D eigenvalue weighted by Gasteiger charge is -2.18. The summed E-state index contributed by atoms with van der Waals surface area (Å²) in [6.07, 6.45) is -3.97. The Hall–Kier alpha value is -1.96. The number of methoxy groups -OCH3 is 1. The van der Waals surface area contributed by atoms with E-state index in [0.717, 1.165) is 0 Å². The van der Waals surface area contributed by atoms with Crippen LogP contribution in [-0.2, 0) is 4.79 Å². The van der Waals surface area contributed by atoms with E-state index in [1.54, 1.807) is 31.4 Å². The molecule has 1 aromatic carbocycles. The van der Waals surface area contributed by atoms with Gasteiger partial charge in [0.15, 0.2) is 0 Å². The van der Waals surface area contributed by atoms with Gasteiger partial charge in [-0.05, 0) is 30.7 Å². The van der Waals surface area contributed by atoms with Crippen LogP contribution in [0.3, 0.4) is 0 Å². The predicted molar refractivity (Wildman–Crippen MR) is 80.2 cm³/mol. The number of ether oxygens (including phenoxy) is 2. The number of benzene rings is 1. The van der Waals surface area contributed by atoms with Crippen LogP contribution in [0.25, 0.3) is 0 Å². The normalized spacial score (nSPS) is 21.7. The standard InChI is InChI=1S/C16H20F3NO4/c1-23-11-3-5-12(6-4-11)24-8-2-7-20-9-13(15(21)22)14(10-20)16(17,18)19/h3-6,13-14H,2,7-10H2,1H3,(H,21,22)/t13-,14-/m1/s1. The zero-order chi connectivity index (χ0) is 17.7. The first-order valence-corrected chi connectivity index (χ1v) is 7.60. The van der Waals surface area contributed by atoms with Crippen molar-refractivity contribution in [2.24, 2.45) is 11.8 Å². The summed E-state index contributed by atoms with van der Waals surface area (Å²) in [5.74, 6) is -3.24. The Labute approximate surface area is 138 Å². The van der Waals surface area contributed by atoms with Gasteiger partial charge < -0.3 is 19.5 Å². The minimum Gasteiger partial charge on any atom is -0.497 e. The van der Waals surface area contributed by atoms with E-state index in [4.69, 9.17) is 14.6 Å². The van der Waals surface area contributed by atoms with Gasteiger partial charge in [0.05, 0.1) is 25.6 Å². The van der Waals surface area contributed by atoms with Gasteiger partial charge in [0.25, 0.3) is 0 Å². The molecule has 0 bridgehead atoms. The smallest absolute Gasteiger partial charge is 0.393 e. The van der Waals surface area contributed by atoms with E-state index in [1.807, 2.05) is 0 Å². The van der Waals surface area contributed by atoms with E-state index in [2.05, 4.69) is 0 Å². The van der Waals surface area contributed by atoms with E-state index in [-0.39, 0.29) is 13.1 Å². The summed E-state index contributed by atoms with van der Waals surface area (Å²) in [6, 6.07) is 6.99. The molecule has 0 spiro atoms. The number of nitrogens with zero attached hydrogens (tertiary/aromatic N) is 1. The Morgan fingerprint density at radius 1 is 1.25 bits per heavy atom. The number of carboxylic acids is 1. The van der Waals surface area contributed by atoms with Crippen LogP contribution < -0.4 is 9.47 Å². The molecule has 0 radical (unpaired) electrons. The monoisotopic (exact) mass is 347 g/mol. The molecule has 1 N–H and O–H groups in total. The second-order valence-corrected chi connectivity index (χ2v) is 5.73. The van der Waals surface area contributed by atoms with Gasteiger partial charge in [-0.3, -0.25) is 4.79 Å². The Morgan fingerprint density at radius 2 is 1.88 bits per heavy atom. The maximum Gasteiger partial charge on any atom is 0.393 e. The maximum absolute atomic E-state index is 12.9. The highest BCUT2D eigenvalue weighted by atomic mass is 19.4. The molecule has 1 aromatic rings. The van der Waals surface area contributed by atoms with E-state index >= 15 is 0 Å². The van der Waals surface area contributed by atoms with Crippen LogP contribution in [0.5, 0.6) is 11.5 Å². The van der Waals surface area contributed by atoms with Crippen LogP contribution in [0, 0.1) is 11.8 Å². The highest BCUT2D eigenvalue weighted by Gasteiger charge is 2.52. The van der Waals surface area contributed by atoms with Crippen LogP contribution in [-0.4, -0.2) is 55.5 Å². The number of halogens is 3. The molecule has 1 saturated heterocycles. The van der Waals surface area contributed by atoms with Crippen LogP contribution in [0.1, 0.15) is 6.42 Å². The van der Waals surface area contributed by atoms with Crippen molar-refractivity contribution in [1.82, 2.24) is 4.90 Å². The summed E-state index contributed by atoms with van der Waals surface area (Å²) in [5.41, 5.74) is 0. The lowest BCUT2D eigenvalue weighted by atomic mass is 9.96. The highest BCUT2D eigenvalue weighted by Crippen LogP contribution is 2.37. The molecule has 1 heterocycles. The molecule has 24 heavy (non-hydrogen) atoms. The van der Waals surface area contributed by atoms with Crippen molar-refractivity contribution in [3.63, 3.8) is 0 Å². The van der Waals surface area contributed by atoms with Crippen molar-refractivity contribution < 1.29 is 32.5 Å². The van der Waals surface area contributed by atoms with Gasteiger partial charge in [0.1, 0.15) is 11.5 Å². The Morgan fingerprint density at radius 3 is 2.38 bits per heavy atom. The predicted octanol–water partition coefficient (Wildman–Crippen LogP) is 2.66. The quantitative estimate of drug-likeness (QED) is 0.769. The van der Waals surface area contributed by atoms with Crippen LogP contribution >= 0.6 is 0 Å². The molecular formula is C16H20F3NO4. The molecule has 0 amide bonds. The van der Waals surface area contributed by atoms with Gasteiger partial charge in [-0.25, -0.2) is 0 Å². The molecule has 1 aliphatic rings. The summed E-state index contributed by atoms with van der Waals surface area (Å²) in [7, 11) is 1.56. The van der Waals surface area contributed by atoms with Gasteiger partial charge in [-0.2, -0.15) is 13.2 Å². The topological polar surface area (TPSA) is 59.0 Å². The zero-order valence-electron chi connectivity index (χ0n) is 13.3. The van der Waals surface area contributed by atoms with Gasteiger partial charge in [-0.15, -0.1) is 0 Å². The largest absolute Gasteiger partial charge is 0.497 e. The average Bonchev–Trinajstić information content (AvgIpc) is 2.97. The summed E-state index contributed by atoms with van der Waals surface area (Å²) in [4.78, 5) is 12.5. The first-order chi connectivity index (χ1) is 11.3. The number of hydrogen-bond donors (Lipinski definition) is 1. The number of alkyl halides is 3. The van der Waals surface area contributed by atoms with Gasteiger partial charge in [0, 0.05) is 19.6 Å². The number of hydrogen-bond acceptors (Lipinski definition) is 4. The number of rotatable bonds is 7. The Kier molecular flexibility index (Phi) is 5.93. The van der Waals surface area contributed by atoms with E-state index in [1.165, 1.54) is 4.90 Å². The molecule has 0 unspecified atom stereocenters. The van der Waals surface area contributed by atoms with Crippen LogP contribution in [0.4, 0.5) is 13.2 Å². The lowest BCUT2D eigenvalue weighted by Crippen LogP contribution is -2.33. The van der Waals surface area contributed by atoms with Crippen molar-refractivity contribution >= 4 is 5.97 Å². The fraction of sp³-hybridized carbons (Fsp3) is 0.562. The lowest BCUT2D eigenvalue weighted by molar-refractivity contribution is -0.188. The molecule has 1 aliphatic heterocycles. The van der Waals surface area contributed by atoms with Gasteiger partial charge in [0.2, 0.25) is 0 Å². The van der Waals surface area contributed by atoms with Crippen LogP contribution in [0.15, 0.2) is 24.3 Å². The molecule has 1 fully saturated rings. The van der Waals surface area contributed by atoms with Crippen molar-refractivity contribution in [1.29, 1.82) is 0 Å². The van der Waals surface area contributed by atoms with Gasteiger partial charge >= 0.3 is 12.1 Å². The first-order valence-electron chi connectivity index (χ1n) is 7.60. The highest BCUT2D eigenvalue weighted by molar-refractivity contribution is 5.71. The Balaban J connectivity index is 1.77. The van der Waals surface area contributed by atoms with Crippen LogP contribution in [0.2, 0.25) is 0 Å². The van der Waals surface area contributed by atoms with Gasteiger partial charge in [-0.1, -0.05) is 0 Å². The van der Waals surface area contributed by atoms with Crippen molar-refractivity contribution in [2.75, 3.05) is 33.4 Å². The molecule has 134 valence electrons.